The number of urea groups is 1. The molecule has 1 saturated heterocycles. The van der Waals surface area contributed by atoms with Crippen LogP contribution in [0.1, 0.15) is 18.4 Å². The van der Waals surface area contributed by atoms with Crippen LogP contribution in [0.5, 0.6) is 0 Å². The lowest BCUT2D eigenvalue weighted by atomic mass is 10.2. The second-order valence-electron chi connectivity index (χ2n) is 5.45. The van der Waals surface area contributed by atoms with E-state index < -0.39 is 0 Å². The monoisotopic (exact) mass is 319 g/mol. The number of hydrogen-bond acceptors (Lipinski definition) is 3. The predicted octanol–water partition coefficient (Wildman–Crippen LogP) is 1.36. The first-order chi connectivity index (χ1) is 11.2. The summed E-state index contributed by atoms with van der Waals surface area (Å²) in [4.78, 5) is 18.2. The molecule has 2 amide bonds. The molecule has 0 radical (unpaired) electrons. The summed E-state index contributed by atoms with van der Waals surface area (Å²) in [5, 5.41) is 5.89. The summed E-state index contributed by atoms with van der Waals surface area (Å²) < 4.78 is 4.93. The molecular formula is C16H25N5O2. The van der Waals surface area contributed by atoms with Gasteiger partial charge in [-0.2, -0.15) is 0 Å². The van der Waals surface area contributed by atoms with Gasteiger partial charge in [0.25, 0.3) is 0 Å². The fourth-order valence-corrected chi connectivity index (χ4v) is 2.38. The first kappa shape index (κ1) is 17.1. The van der Waals surface area contributed by atoms with Crippen molar-refractivity contribution >= 4 is 17.7 Å². The summed E-state index contributed by atoms with van der Waals surface area (Å²) in [6, 6.07) is 7.61. The lowest BCUT2D eigenvalue weighted by molar-refractivity contribution is 0.204. The van der Waals surface area contributed by atoms with Crippen molar-refractivity contribution in [3.8, 4) is 0 Å². The van der Waals surface area contributed by atoms with Crippen molar-refractivity contribution in [3.05, 3.63) is 29.8 Å². The molecule has 126 valence electrons. The minimum absolute atomic E-state index is 0.0381. The van der Waals surface area contributed by atoms with Gasteiger partial charge in [-0.25, -0.2) is 9.79 Å². The van der Waals surface area contributed by atoms with E-state index in [0.717, 1.165) is 37.2 Å². The Kier molecular flexibility index (Phi) is 6.68. The fraction of sp³-hybridized carbons (Fsp3) is 0.500. The molecule has 1 heterocycles. The standard InChI is InChI=1S/C16H25N5O2/c1-23-10-7-18-15(17)19-12-13-5-4-6-14(11-13)20-16(22)21-8-2-3-9-21/h4-6,11H,2-3,7-10,12H2,1H3,(H,20,22)(H3,17,18,19). The number of likely N-dealkylation sites (tertiary alicyclic amines) is 1. The molecule has 0 aromatic heterocycles. The number of rotatable bonds is 6. The molecule has 0 saturated carbocycles. The van der Waals surface area contributed by atoms with Gasteiger partial charge in [0.1, 0.15) is 0 Å². The van der Waals surface area contributed by atoms with Crippen molar-refractivity contribution in [2.75, 3.05) is 38.7 Å². The maximum absolute atomic E-state index is 12.1. The number of nitrogens with one attached hydrogen (secondary N) is 2. The lowest BCUT2D eigenvalue weighted by Gasteiger charge is -2.16. The molecule has 1 aromatic rings. The Balaban J connectivity index is 1.86. The van der Waals surface area contributed by atoms with Gasteiger partial charge in [0.15, 0.2) is 5.96 Å². The van der Waals surface area contributed by atoms with E-state index in [-0.39, 0.29) is 6.03 Å². The molecule has 2 rings (SSSR count). The summed E-state index contributed by atoms with van der Waals surface area (Å²) in [7, 11) is 1.64. The smallest absolute Gasteiger partial charge is 0.321 e. The van der Waals surface area contributed by atoms with Crippen LogP contribution < -0.4 is 16.4 Å². The maximum Gasteiger partial charge on any atom is 0.321 e. The number of methoxy groups -OCH3 is 1. The predicted molar refractivity (Wildman–Crippen MR) is 91.5 cm³/mol. The van der Waals surface area contributed by atoms with Crippen molar-refractivity contribution in [1.82, 2.24) is 10.2 Å². The van der Waals surface area contributed by atoms with Gasteiger partial charge in [-0.3, -0.25) is 0 Å². The van der Waals surface area contributed by atoms with Crippen LogP contribution in [0.2, 0.25) is 0 Å². The molecule has 7 heteroatoms. The molecular weight excluding hydrogens is 294 g/mol. The minimum Gasteiger partial charge on any atom is -0.383 e. The number of aliphatic imine (C=N–C) groups is 1. The van der Waals surface area contributed by atoms with Crippen LogP contribution in [0.15, 0.2) is 29.3 Å². The van der Waals surface area contributed by atoms with E-state index in [1.807, 2.05) is 29.2 Å². The van der Waals surface area contributed by atoms with E-state index in [1.54, 1.807) is 7.11 Å². The third-order valence-electron chi connectivity index (χ3n) is 3.62. The molecule has 23 heavy (non-hydrogen) atoms. The van der Waals surface area contributed by atoms with Gasteiger partial charge in [0.2, 0.25) is 0 Å². The van der Waals surface area contributed by atoms with Gasteiger partial charge >= 0.3 is 6.03 Å². The highest BCUT2D eigenvalue weighted by molar-refractivity contribution is 5.89. The number of ether oxygens (including phenoxy) is 1. The maximum atomic E-state index is 12.1. The van der Waals surface area contributed by atoms with Crippen molar-refractivity contribution in [1.29, 1.82) is 0 Å². The minimum atomic E-state index is -0.0381. The summed E-state index contributed by atoms with van der Waals surface area (Å²) >= 11 is 0. The van der Waals surface area contributed by atoms with E-state index in [4.69, 9.17) is 10.5 Å². The quantitative estimate of drug-likeness (QED) is 0.419. The number of nitrogens with two attached hydrogens (primary N) is 1. The summed E-state index contributed by atoms with van der Waals surface area (Å²) in [6.07, 6.45) is 2.16. The Morgan fingerprint density at radius 2 is 2.17 bits per heavy atom. The number of hydrogen-bond donors (Lipinski definition) is 3. The third-order valence-corrected chi connectivity index (χ3v) is 3.62. The van der Waals surface area contributed by atoms with Gasteiger partial charge in [-0.05, 0) is 30.5 Å². The molecule has 7 nitrogen and oxygen atoms in total. The van der Waals surface area contributed by atoms with E-state index in [0.29, 0.717) is 25.7 Å². The molecule has 1 fully saturated rings. The fourth-order valence-electron chi connectivity index (χ4n) is 2.38. The van der Waals surface area contributed by atoms with Gasteiger partial charge in [-0.15, -0.1) is 0 Å². The molecule has 1 aromatic carbocycles. The highest BCUT2D eigenvalue weighted by atomic mass is 16.5. The average Bonchev–Trinajstić information content (AvgIpc) is 3.08. The number of guanidine groups is 1. The van der Waals surface area contributed by atoms with E-state index >= 15 is 0 Å². The number of amides is 2. The molecule has 0 aliphatic carbocycles. The number of nitrogens with zero attached hydrogens (tertiary/aromatic N) is 2. The molecule has 0 bridgehead atoms. The lowest BCUT2D eigenvalue weighted by Crippen LogP contribution is -2.34. The Morgan fingerprint density at radius 1 is 1.39 bits per heavy atom. The number of carbonyl (C=O) groups is 1. The van der Waals surface area contributed by atoms with Crippen molar-refractivity contribution < 1.29 is 9.53 Å². The zero-order chi connectivity index (χ0) is 16.5. The molecule has 0 atom stereocenters. The van der Waals surface area contributed by atoms with Crippen LogP contribution in [-0.2, 0) is 11.3 Å². The van der Waals surface area contributed by atoms with Crippen LogP contribution in [0.25, 0.3) is 0 Å². The van der Waals surface area contributed by atoms with Crippen molar-refractivity contribution in [2.24, 2.45) is 10.7 Å². The Labute approximate surface area is 136 Å². The summed E-state index contributed by atoms with van der Waals surface area (Å²) in [6.45, 7) is 3.32. The zero-order valence-corrected chi connectivity index (χ0v) is 13.5. The molecule has 1 aliphatic heterocycles. The van der Waals surface area contributed by atoms with Gasteiger partial charge in [0, 0.05) is 32.4 Å². The van der Waals surface area contributed by atoms with Gasteiger partial charge < -0.3 is 26.0 Å². The Hall–Kier alpha value is -2.28. The first-order valence-corrected chi connectivity index (χ1v) is 7.86. The molecule has 0 spiro atoms. The largest absolute Gasteiger partial charge is 0.383 e. The highest BCUT2D eigenvalue weighted by Gasteiger charge is 2.17. The van der Waals surface area contributed by atoms with Crippen molar-refractivity contribution in [3.63, 3.8) is 0 Å². The van der Waals surface area contributed by atoms with Crippen LogP contribution in [0.4, 0.5) is 10.5 Å². The summed E-state index contributed by atoms with van der Waals surface area (Å²) in [5.41, 5.74) is 7.54. The van der Waals surface area contributed by atoms with Crippen LogP contribution in [0.3, 0.4) is 0 Å². The van der Waals surface area contributed by atoms with E-state index in [2.05, 4.69) is 15.6 Å². The van der Waals surface area contributed by atoms with Gasteiger partial charge in [-0.1, -0.05) is 12.1 Å². The van der Waals surface area contributed by atoms with Crippen LogP contribution in [-0.4, -0.2) is 50.2 Å². The van der Waals surface area contributed by atoms with E-state index in [1.165, 1.54) is 0 Å². The highest BCUT2D eigenvalue weighted by Crippen LogP contribution is 2.14. The van der Waals surface area contributed by atoms with Crippen LogP contribution in [0, 0.1) is 0 Å². The molecule has 0 unspecified atom stereocenters. The van der Waals surface area contributed by atoms with Crippen molar-refractivity contribution in [2.45, 2.75) is 19.4 Å². The molecule has 1 aliphatic rings. The average molecular weight is 319 g/mol. The second-order valence-corrected chi connectivity index (χ2v) is 5.45. The topological polar surface area (TPSA) is 92.0 Å². The number of carbonyl (C=O) groups excluding carboxylic acids is 1. The molecule has 4 N–H and O–H groups in total. The van der Waals surface area contributed by atoms with Gasteiger partial charge in [0.05, 0.1) is 13.2 Å². The van der Waals surface area contributed by atoms with Crippen LogP contribution >= 0.6 is 0 Å². The normalized spacial score (nSPS) is 14.8. The number of benzene rings is 1. The van der Waals surface area contributed by atoms with E-state index in [9.17, 15) is 4.79 Å². The Morgan fingerprint density at radius 3 is 2.91 bits per heavy atom. The SMILES string of the molecule is COCCNC(N)=NCc1cccc(NC(=O)N2CCCC2)c1. The first-order valence-electron chi connectivity index (χ1n) is 7.86. The Bertz CT molecular complexity index is 541. The number of anilines is 1. The summed E-state index contributed by atoms with van der Waals surface area (Å²) in [5.74, 6) is 0.383. The third kappa shape index (κ3) is 5.78. The second kappa shape index (κ2) is 8.99. The zero-order valence-electron chi connectivity index (χ0n) is 13.5.